The van der Waals surface area contributed by atoms with Gasteiger partial charge < -0.3 is 10.6 Å². The Labute approximate surface area is 134 Å². The second kappa shape index (κ2) is 5.09. The number of fused-ring (bicyclic) bond motifs is 2. The van der Waals surface area contributed by atoms with Crippen LogP contribution in [0.1, 0.15) is 21.5 Å². The highest BCUT2D eigenvalue weighted by atomic mass is 16.1. The van der Waals surface area contributed by atoms with Crippen molar-refractivity contribution in [2.75, 3.05) is 11.4 Å². The van der Waals surface area contributed by atoms with Crippen molar-refractivity contribution in [2.24, 2.45) is 5.73 Å². The molecule has 0 radical (unpaired) electrons. The van der Waals surface area contributed by atoms with Crippen molar-refractivity contribution in [3.8, 4) is 0 Å². The molecule has 0 fully saturated rings. The van der Waals surface area contributed by atoms with Crippen molar-refractivity contribution in [1.29, 1.82) is 0 Å². The van der Waals surface area contributed by atoms with E-state index in [9.17, 15) is 4.79 Å². The molecule has 2 aromatic carbocycles. The lowest BCUT2D eigenvalue weighted by molar-refractivity contribution is 0.100. The Morgan fingerprint density at radius 1 is 1.13 bits per heavy atom. The third kappa shape index (κ3) is 2.32. The summed E-state index contributed by atoms with van der Waals surface area (Å²) in [4.78, 5) is 18.3. The van der Waals surface area contributed by atoms with Crippen LogP contribution in [0, 0.1) is 6.92 Å². The highest BCUT2D eigenvalue weighted by Gasteiger charge is 2.22. The van der Waals surface area contributed by atoms with E-state index in [4.69, 9.17) is 10.7 Å². The number of hydrogen-bond acceptors (Lipinski definition) is 3. The van der Waals surface area contributed by atoms with Gasteiger partial charge in [0.2, 0.25) is 5.91 Å². The summed E-state index contributed by atoms with van der Waals surface area (Å²) in [6.45, 7) is 2.97. The summed E-state index contributed by atoms with van der Waals surface area (Å²) in [7, 11) is 0. The molecule has 1 aliphatic rings. The summed E-state index contributed by atoms with van der Waals surface area (Å²) in [5.74, 6) is 0.605. The first-order valence-corrected chi connectivity index (χ1v) is 7.69. The van der Waals surface area contributed by atoms with Gasteiger partial charge in [-0.3, -0.25) is 4.79 Å². The lowest BCUT2D eigenvalue weighted by Gasteiger charge is -2.19. The molecular formula is C19H17N3O. The fraction of sp³-hybridized carbons (Fsp3) is 0.158. The minimum atomic E-state index is -0.405. The Morgan fingerprint density at radius 3 is 2.65 bits per heavy atom. The van der Waals surface area contributed by atoms with Crippen LogP contribution in [0.2, 0.25) is 0 Å². The maximum atomic E-state index is 11.2. The first-order chi connectivity index (χ1) is 11.1. The van der Waals surface area contributed by atoms with E-state index in [1.165, 1.54) is 16.5 Å². The van der Waals surface area contributed by atoms with Crippen LogP contribution >= 0.6 is 0 Å². The molecule has 4 heteroatoms. The van der Waals surface area contributed by atoms with Gasteiger partial charge in [0, 0.05) is 23.2 Å². The number of primary amides is 1. The first kappa shape index (κ1) is 13.8. The Bertz CT molecular complexity index is 916. The summed E-state index contributed by atoms with van der Waals surface area (Å²) in [5.41, 5.74) is 10.4. The average molecular weight is 303 g/mol. The maximum absolute atomic E-state index is 11.2. The second-order valence-electron chi connectivity index (χ2n) is 5.98. The number of aromatic nitrogens is 1. The molecule has 4 rings (SSSR count). The molecular weight excluding hydrogens is 286 g/mol. The Morgan fingerprint density at radius 2 is 1.91 bits per heavy atom. The summed E-state index contributed by atoms with van der Waals surface area (Å²) < 4.78 is 0. The number of hydrogen-bond donors (Lipinski definition) is 1. The van der Waals surface area contributed by atoms with Crippen molar-refractivity contribution in [1.82, 2.24) is 4.98 Å². The van der Waals surface area contributed by atoms with E-state index < -0.39 is 5.91 Å². The molecule has 0 unspecified atom stereocenters. The van der Waals surface area contributed by atoms with Crippen molar-refractivity contribution in [2.45, 2.75) is 13.3 Å². The largest absolute Gasteiger partial charge is 0.366 e. The fourth-order valence-corrected chi connectivity index (χ4v) is 3.12. The van der Waals surface area contributed by atoms with E-state index in [1.807, 2.05) is 12.1 Å². The van der Waals surface area contributed by atoms with Gasteiger partial charge in [-0.25, -0.2) is 4.98 Å². The molecule has 1 aliphatic heterocycles. The van der Waals surface area contributed by atoms with Gasteiger partial charge in [-0.1, -0.05) is 12.1 Å². The van der Waals surface area contributed by atoms with Gasteiger partial charge in [-0.2, -0.15) is 0 Å². The summed E-state index contributed by atoms with van der Waals surface area (Å²) in [6.07, 6.45) is 0.976. The normalized spacial score (nSPS) is 13.3. The zero-order valence-corrected chi connectivity index (χ0v) is 12.9. The monoisotopic (exact) mass is 303 g/mol. The van der Waals surface area contributed by atoms with Gasteiger partial charge in [-0.15, -0.1) is 0 Å². The van der Waals surface area contributed by atoms with Crippen LogP contribution in [-0.2, 0) is 6.42 Å². The number of nitrogens with zero attached hydrogens (tertiary/aromatic N) is 2. The van der Waals surface area contributed by atoms with E-state index in [2.05, 4.69) is 36.1 Å². The van der Waals surface area contributed by atoms with E-state index in [0.717, 1.165) is 30.0 Å². The van der Waals surface area contributed by atoms with Crippen molar-refractivity contribution < 1.29 is 4.79 Å². The fourth-order valence-electron chi connectivity index (χ4n) is 3.12. The van der Waals surface area contributed by atoms with Crippen LogP contribution < -0.4 is 10.6 Å². The number of anilines is 2. The summed E-state index contributed by atoms with van der Waals surface area (Å²) >= 11 is 0. The molecule has 1 amide bonds. The zero-order chi connectivity index (χ0) is 16.0. The second-order valence-corrected chi connectivity index (χ2v) is 5.98. The van der Waals surface area contributed by atoms with E-state index in [1.54, 1.807) is 12.1 Å². The minimum absolute atomic E-state index is 0.405. The number of benzene rings is 2. The Balaban J connectivity index is 1.78. The molecule has 0 atom stereocenters. The third-order valence-corrected chi connectivity index (χ3v) is 4.35. The number of pyridine rings is 1. The minimum Gasteiger partial charge on any atom is -0.366 e. The number of amides is 1. The third-order valence-electron chi connectivity index (χ3n) is 4.35. The van der Waals surface area contributed by atoms with Gasteiger partial charge in [0.05, 0.1) is 5.52 Å². The highest BCUT2D eigenvalue weighted by Crippen LogP contribution is 2.35. The predicted molar refractivity (Wildman–Crippen MR) is 92.1 cm³/mol. The predicted octanol–water partition coefficient (Wildman–Crippen LogP) is 3.34. The molecule has 1 aromatic heterocycles. The molecule has 4 nitrogen and oxygen atoms in total. The van der Waals surface area contributed by atoms with Gasteiger partial charge in [0.15, 0.2) is 0 Å². The number of carbonyl (C=O) groups excluding carboxylic acids is 1. The Kier molecular flexibility index (Phi) is 3.05. The van der Waals surface area contributed by atoms with Gasteiger partial charge in [0.1, 0.15) is 5.82 Å². The van der Waals surface area contributed by atoms with Gasteiger partial charge >= 0.3 is 0 Å². The molecule has 2 N–H and O–H groups in total. The van der Waals surface area contributed by atoms with Crippen molar-refractivity contribution >= 4 is 28.3 Å². The number of rotatable bonds is 2. The van der Waals surface area contributed by atoms with Crippen LogP contribution in [-0.4, -0.2) is 17.4 Å². The number of nitrogens with two attached hydrogens (primary N) is 1. The quantitative estimate of drug-likeness (QED) is 0.790. The highest BCUT2D eigenvalue weighted by molar-refractivity contribution is 5.93. The first-order valence-electron chi connectivity index (χ1n) is 7.69. The van der Waals surface area contributed by atoms with Crippen LogP contribution in [0.3, 0.4) is 0 Å². The van der Waals surface area contributed by atoms with E-state index in [-0.39, 0.29) is 0 Å². The van der Waals surface area contributed by atoms with Crippen LogP contribution in [0.25, 0.3) is 10.9 Å². The molecule has 2 heterocycles. The van der Waals surface area contributed by atoms with Crippen LogP contribution in [0.15, 0.2) is 48.5 Å². The number of aryl methyl sites for hydroxylation is 1. The molecule has 114 valence electrons. The molecule has 3 aromatic rings. The molecule has 0 aliphatic carbocycles. The zero-order valence-electron chi connectivity index (χ0n) is 12.9. The van der Waals surface area contributed by atoms with Gasteiger partial charge in [0.25, 0.3) is 0 Å². The van der Waals surface area contributed by atoms with Crippen molar-refractivity contribution in [3.63, 3.8) is 0 Å². The van der Waals surface area contributed by atoms with E-state index in [0.29, 0.717) is 5.56 Å². The Hall–Kier alpha value is -2.88. The van der Waals surface area contributed by atoms with Crippen molar-refractivity contribution in [3.05, 3.63) is 65.2 Å². The van der Waals surface area contributed by atoms with Crippen LogP contribution in [0.4, 0.5) is 11.5 Å². The lowest BCUT2D eigenvalue weighted by Crippen LogP contribution is -2.15. The van der Waals surface area contributed by atoms with E-state index >= 15 is 0 Å². The molecule has 0 spiro atoms. The maximum Gasteiger partial charge on any atom is 0.248 e. The molecule has 23 heavy (non-hydrogen) atoms. The SMILES string of the molecule is Cc1ccc2cc3c(nc2c1)N(c1ccc(C(N)=O)cc1)CC3. The molecule has 0 bridgehead atoms. The van der Waals surface area contributed by atoms with Crippen LogP contribution in [0.5, 0.6) is 0 Å². The average Bonchev–Trinajstić information content (AvgIpc) is 2.95. The summed E-state index contributed by atoms with van der Waals surface area (Å²) in [6, 6.07) is 16.0. The topological polar surface area (TPSA) is 59.2 Å². The molecule has 0 saturated carbocycles. The standard InChI is InChI=1S/C19H17N3O/c1-12-2-3-14-11-15-8-9-22(19(15)21-17(14)10-12)16-6-4-13(5-7-16)18(20)23/h2-7,10-11H,8-9H2,1H3,(H2,20,23). The lowest BCUT2D eigenvalue weighted by atomic mass is 10.1. The number of carbonyl (C=O) groups is 1. The van der Waals surface area contributed by atoms with Gasteiger partial charge in [-0.05, 0) is 60.9 Å². The summed E-state index contributed by atoms with van der Waals surface area (Å²) in [5, 5.41) is 1.18. The smallest absolute Gasteiger partial charge is 0.248 e. The molecule has 0 saturated heterocycles.